The normalized spacial score (nSPS) is 10.9. The van der Waals surface area contributed by atoms with Gasteiger partial charge in [-0.05, 0) is 42.5 Å². The molecule has 0 fully saturated rings. The number of hydrogen-bond acceptors (Lipinski definition) is 3. The molecule has 2 aromatic carbocycles. The molecular weight excluding hydrogens is 321 g/mol. The van der Waals surface area contributed by atoms with E-state index >= 15 is 0 Å². The van der Waals surface area contributed by atoms with Gasteiger partial charge in [-0.15, -0.1) is 0 Å². The van der Waals surface area contributed by atoms with Crippen molar-refractivity contribution in [1.82, 2.24) is 15.2 Å². The third-order valence-corrected chi connectivity index (χ3v) is 3.94. The molecule has 0 amide bonds. The zero-order valence-electron chi connectivity index (χ0n) is 12.9. The average molecular weight is 333 g/mol. The molecule has 0 aliphatic carbocycles. The van der Waals surface area contributed by atoms with Gasteiger partial charge in [0.25, 0.3) is 0 Å². The Hall–Kier alpha value is -3.54. The molecule has 0 spiro atoms. The number of aromatic amines is 1. The minimum Gasteiger partial charge on any atom is -0.477 e. The number of fused-ring (bicyclic) bond motifs is 1. The van der Waals surface area contributed by atoms with Crippen LogP contribution in [0.4, 0.5) is 4.39 Å². The van der Waals surface area contributed by atoms with Crippen LogP contribution in [0, 0.1) is 5.82 Å². The summed E-state index contributed by atoms with van der Waals surface area (Å²) in [7, 11) is 0. The first-order chi connectivity index (χ1) is 12.1. The number of pyridine rings is 1. The van der Waals surface area contributed by atoms with Crippen LogP contribution in [0.5, 0.6) is 0 Å². The Bertz CT molecular complexity index is 1090. The number of para-hydroxylation sites is 1. The van der Waals surface area contributed by atoms with Crippen LogP contribution in [-0.2, 0) is 0 Å². The van der Waals surface area contributed by atoms with Crippen molar-refractivity contribution in [2.24, 2.45) is 0 Å². The largest absolute Gasteiger partial charge is 0.477 e. The average Bonchev–Trinajstić information content (AvgIpc) is 3.12. The van der Waals surface area contributed by atoms with Gasteiger partial charge in [0.1, 0.15) is 11.5 Å². The van der Waals surface area contributed by atoms with Crippen LogP contribution in [0.1, 0.15) is 10.5 Å². The van der Waals surface area contributed by atoms with Crippen molar-refractivity contribution >= 4 is 16.9 Å². The Labute approximate surface area is 141 Å². The molecule has 2 aromatic heterocycles. The minimum atomic E-state index is -1.07. The fourth-order valence-corrected chi connectivity index (χ4v) is 2.73. The van der Waals surface area contributed by atoms with Crippen molar-refractivity contribution in [1.29, 1.82) is 0 Å². The maximum absolute atomic E-state index is 13.2. The number of halogens is 1. The predicted molar refractivity (Wildman–Crippen MR) is 91.7 cm³/mol. The number of H-pyrrole nitrogens is 1. The fraction of sp³-hybridized carbons (Fsp3) is 0. The molecule has 0 atom stereocenters. The summed E-state index contributed by atoms with van der Waals surface area (Å²) in [5.41, 5.74) is 3.46. The molecule has 6 heteroatoms. The van der Waals surface area contributed by atoms with Gasteiger partial charge in [-0.1, -0.05) is 18.2 Å². The van der Waals surface area contributed by atoms with Crippen LogP contribution < -0.4 is 0 Å². The highest BCUT2D eigenvalue weighted by Gasteiger charge is 2.14. The van der Waals surface area contributed by atoms with Gasteiger partial charge in [-0.3, -0.25) is 5.10 Å². The quantitative estimate of drug-likeness (QED) is 0.591. The van der Waals surface area contributed by atoms with Crippen molar-refractivity contribution in [3.05, 3.63) is 72.2 Å². The van der Waals surface area contributed by atoms with Crippen LogP contribution in [0.2, 0.25) is 0 Å². The predicted octanol–water partition coefficient (Wildman–Crippen LogP) is 4.13. The number of benzene rings is 2. The number of rotatable bonds is 3. The Morgan fingerprint density at radius 2 is 1.76 bits per heavy atom. The van der Waals surface area contributed by atoms with E-state index in [4.69, 9.17) is 5.11 Å². The van der Waals surface area contributed by atoms with Crippen LogP contribution in [0.25, 0.3) is 33.4 Å². The number of nitrogens with zero attached hydrogens (tertiary/aromatic N) is 2. The maximum atomic E-state index is 13.2. The fourth-order valence-electron chi connectivity index (χ4n) is 2.73. The number of carboxylic acids is 1. The van der Waals surface area contributed by atoms with E-state index in [2.05, 4.69) is 15.2 Å². The summed E-state index contributed by atoms with van der Waals surface area (Å²) in [5.74, 6) is -1.39. The lowest BCUT2D eigenvalue weighted by Gasteiger charge is -2.08. The molecule has 2 N–H and O–H groups in total. The molecule has 4 rings (SSSR count). The summed E-state index contributed by atoms with van der Waals surface area (Å²) in [6.07, 6.45) is 0. The van der Waals surface area contributed by atoms with Crippen molar-refractivity contribution in [2.45, 2.75) is 0 Å². The number of hydrogen-bond donors (Lipinski definition) is 2. The molecule has 25 heavy (non-hydrogen) atoms. The van der Waals surface area contributed by atoms with E-state index in [1.54, 1.807) is 12.1 Å². The van der Waals surface area contributed by atoms with Crippen LogP contribution in [-0.4, -0.2) is 26.3 Å². The molecule has 2 heterocycles. The van der Waals surface area contributed by atoms with Gasteiger partial charge >= 0.3 is 5.97 Å². The molecule has 5 nitrogen and oxygen atoms in total. The highest BCUT2D eigenvalue weighted by molar-refractivity contribution is 5.97. The zero-order valence-corrected chi connectivity index (χ0v) is 12.9. The molecule has 0 unspecified atom stereocenters. The SMILES string of the molecule is O=C(O)c1cc(-c2cc(-c3ccc(F)cc3)nc3ccccc23)n[nH]1. The van der Waals surface area contributed by atoms with Gasteiger partial charge in [0.15, 0.2) is 0 Å². The molecule has 0 bridgehead atoms. The van der Waals surface area contributed by atoms with E-state index < -0.39 is 5.97 Å². The highest BCUT2D eigenvalue weighted by atomic mass is 19.1. The van der Waals surface area contributed by atoms with Crippen molar-refractivity contribution < 1.29 is 14.3 Å². The van der Waals surface area contributed by atoms with Gasteiger partial charge in [0, 0.05) is 16.5 Å². The van der Waals surface area contributed by atoms with Crippen molar-refractivity contribution in [3.8, 4) is 22.5 Å². The van der Waals surface area contributed by atoms with Gasteiger partial charge < -0.3 is 5.11 Å². The summed E-state index contributed by atoms with van der Waals surface area (Å²) in [4.78, 5) is 15.7. The van der Waals surface area contributed by atoms with E-state index in [0.29, 0.717) is 11.4 Å². The summed E-state index contributed by atoms with van der Waals surface area (Å²) in [6.45, 7) is 0. The maximum Gasteiger partial charge on any atom is 0.353 e. The third-order valence-electron chi connectivity index (χ3n) is 3.94. The zero-order chi connectivity index (χ0) is 17.4. The van der Waals surface area contributed by atoms with E-state index in [9.17, 15) is 9.18 Å². The lowest BCUT2D eigenvalue weighted by atomic mass is 10.0. The number of carboxylic acid groups (broad SMARTS) is 1. The van der Waals surface area contributed by atoms with Gasteiger partial charge in [0.05, 0.1) is 16.9 Å². The number of aromatic nitrogens is 3. The molecule has 0 aliphatic heterocycles. The molecule has 0 radical (unpaired) electrons. The van der Waals surface area contributed by atoms with Crippen LogP contribution in [0.15, 0.2) is 60.7 Å². The van der Waals surface area contributed by atoms with Gasteiger partial charge in [0.2, 0.25) is 0 Å². The molecule has 122 valence electrons. The Balaban J connectivity index is 1.95. The lowest BCUT2D eigenvalue weighted by Crippen LogP contribution is -1.95. The first kappa shape index (κ1) is 15.0. The van der Waals surface area contributed by atoms with E-state index in [0.717, 1.165) is 22.0 Å². The lowest BCUT2D eigenvalue weighted by molar-refractivity contribution is 0.0690. The molecule has 4 aromatic rings. The first-order valence-corrected chi connectivity index (χ1v) is 7.56. The Morgan fingerprint density at radius 3 is 2.48 bits per heavy atom. The number of aromatic carboxylic acids is 1. The third kappa shape index (κ3) is 2.74. The van der Waals surface area contributed by atoms with Crippen LogP contribution in [0.3, 0.4) is 0 Å². The monoisotopic (exact) mass is 333 g/mol. The second-order valence-electron chi connectivity index (χ2n) is 5.55. The van der Waals surface area contributed by atoms with Crippen molar-refractivity contribution in [2.75, 3.05) is 0 Å². The molecule has 0 saturated carbocycles. The number of nitrogens with one attached hydrogen (secondary N) is 1. The number of carbonyl (C=O) groups is 1. The van der Waals surface area contributed by atoms with E-state index in [-0.39, 0.29) is 11.5 Å². The smallest absolute Gasteiger partial charge is 0.353 e. The van der Waals surface area contributed by atoms with E-state index in [1.165, 1.54) is 18.2 Å². The highest BCUT2D eigenvalue weighted by Crippen LogP contribution is 2.31. The van der Waals surface area contributed by atoms with Crippen molar-refractivity contribution in [3.63, 3.8) is 0 Å². The second kappa shape index (κ2) is 5.83. The summed E-state index contributed by atoms with van der Waals surface area (Å²) < 4.78 is 13.2. The van der Waals surface area contributed by atoms with Gasteiger partial charge in [-0.2, -0.15) is 5.10 Å². The Kier molecular flexibility index (Phi) is 3.50. The second-order valence-corrected chi connectivity index (χ2v) is 5.55. The van der Waals surface area contributed by atoms with E-state index in [1.807, 2.05) is 30.3 Å². The van der Waals surface area contributed by atoms with Crippen LogP contribution >= 0.6 is 0 Å². The topological polar surface area (TPSA) is 78.9 Å². The molecule has 0 aliphatic rings. The summed E-state index contributed by atoms with van der Waals surface area (Å²) in [6, 6.07) is 16.9. The standard InChI is InChI=1S/C19H12FN3O2/c20-12-7-5-11(6-8-12)16-9-14(13-3-1-2-4-15(13)21-16)17-10-18(19(24)25)23-22-17/h1-10H,(H,22,23)(H,24,25). The summed E-state index contributed by atoms with van der Waals surface area (Å²) in [5, 5.41) is 16.6. The van der Waals surface area contributed by atoms with Gasteiger partial charge in [-0.25, -0.2) is 14.2 Å². The Morgan fingerprint density at radius 1 is 1.00 bits per heavy atom. The molecular formula is C19H12FN3O2. The summed E-state index contributed by atoms with van der Waals surface area (Å²) >= 11 is 0. The first-order valence-electron chi connectivity index (χ1n) is 7.56. The molecule has 0 saturated heterocycles. The minimum absolute atomic E-state index is 0.0132.